The molecule has 0 aliphatic heterocycles. The van der Waals surface area contributed by atoms with Gasteiger partial charge in [0.1, 0.15) is 41.3 Å². The topological polar surface area (TPSA) is 233 Å². The highest BCUT2D eigenvalue weighted by molar-refractivity contribution is 7.52. The van der Waals surface area contributed by atoms with Gasteiger partial charge in [-0.05, 0) is 32.4 Å². The van der Waals surface area contributed by atoms with Crippen molar-refractivity contribution in [1.82, 2.24) is 19.6 Å². The molecule has 58 heavy (non-hydrogen) atoms. The molecule has 326 valence electrons. The fourth-order valence-corrected chi connectivity index (χ4v) is 7.97. The molecule has 7 N–H and O–H groups in total. The summed E-state index contributed by atoms with van der Waals surface area (Å²) in [5.74, 6) is -1.15. The van der Waals surface area contributed by atoms with Crippen molar-refractivity contribution in [1.29, 1.82) is 0 Å². The minimum absolute atomic E-state index is 0.0372. The first-order chi connectivity index (χ1) is 27.9. The number of unbranched alkanes of at least 4 members (excludes halogenated alkanes) is 13. The van der Waals surface area contributed by atoms with E-state index >= 15 is 0 Å². The van der Waals surface area contributed by atoms with Gasteiger partial charge in [-0.3, -0.25) is 14.1 Å². The number of nitrogens with zero attached hydrogens (tertiary/aromatic N) is 3. The van der Waals surface area contributed by atoms with Gasteiger partial charge in [0.05, 0.1) is 24.2 Å². The second-order valence-electron chi connectivity index (χ2n) is 14.6. The van der Waals surface area contributed by atoms with Crippen LogP contribution in [0.15, 0.2) is 36.5 Å². The second-order valence-corrected chi connectivity index (χ2v) is 16.3. The number of primary amides is 1. The highest BCUT2D eigenvalue weighted by atomic mass is 31.2. The van der Waals surface area contributed by atoms with Crippen LogP contribution in [0, 0.1) is 6.92 Å². The third kappa shape index (κ3) is 16.6. The Morgan fingerprint density at radius 3 is 2.05 bits per heavy atom. The van der Waals surface area contributed by atoms with E-state index in [0.29, 0.717) is 19.6 Å². The minimum atomic E-state index is -4.35. The standard InChI is InChI=1S/C41H67N6O10P/c1-5-6-7-8-9-10-11-12-13-14-15-16-17-21-25-54-26-22-27-55-41(51)30(2)46-58(52,57-32-23-19-18-20-24-32)56-29-34(53-4)36(48)40(50)47-28-33(38(43)49)35-37(42)44-31(3)45-39(35)47/h18-20,23-24,28,30,34,36,40,48,50H,5-17,21-22,25-27,29H2,1-4H3,(H2,43,49)(H,46,52)(H2,42,44,45)/t30-,34?,36+,40+,58?/m0/s1. The van der Waals surface area contributed by atoms with Gasteiger partial charge in [0.2, 0.25) is 0 Å². The molecular formula is C41H67N6O10P. The molecule has 2 heterocycles. The van der Waals surface area contributed by atoms with Crippen molar-refractivity contribution in [3.63, 3.8) is 0 Å². The Morgan fingerprint density at radius 2 is 1.47 bits per heavy atom. The maximum absolute atomic E-state index is 14.1. The second kappa shape index (κ2) is 26.5. The number of benzene rings is 1. The summed E-state index contributed by atoms with van der Waals surface area (Å²) in [5.41, 5.74) is 11.5. The summed E-state index contributed by atoms with van der Waals surface area (Å²) >= 11 is 0. The van der Waals surface area contributed by atoms with Gasteiger partial charge in [0, 0.05) is 32.9 Å². The van der Waals surface area contributed by atoms with E-state index in [1.807, 2.05) is 0 Å². The molecule has 2 unspecified atom stereocenters. The molecule has 3 aromatic rings. The van der Waals surface area contributed by atoms with Crippen LogP contribution >= 0.6 is 7.75 Å². The number of carbonyl (C=O) groups excluding carboxylic acids is 2. The van der Waals surface area contributed by atoms with Crippen LogP contribution in [0.3, 0.4) is 0 Å². The monoisotopic (exact) mass is 834 g/mol. The predicted molar refractivity (Wildman–Crippen MR) is 223 cm³/mol. The predicted octanol–water partition coefficient (Wildman–Crippen LogP) is 6.90. The number of methoxy groups -OCH3 is 1. The number of aromatic nitrogens is 3. The maximum atomic E-state index is 14.1. The van der Waals surface area contributed by atoms with Crippen molar-refractivity contribution >= 4 is 36.5 Å². The molecule has 5 atom stereocenters. The van der Waals surface area contributed by atoms with Gasteiger partial charge in [-0.2, -0.15) is 5.09 Å². The molecule has 2 aromatic heterocycles. The number of hydrogen-bond donors (Lipinski definition) is 5. The number of aryl methyl sites for hydroxylation is 1. The molecule has 0 aliphatic carbocycles. The van der Waals surface area contributed by atoms with Gasteiger partial charge in [-0.1, -0.05) is 109 Å². The maximum Gasteiger partial charge on any atom is 0.459 e. The number of anilines is 1. The van der Waals surface area contributed by atoms with Gasteiger partial charge in [0.15, 0.2) is 6.23 Å². The quantitative estimate of drug-likeness (QED) is 0.0245. The summed E-state index contributed by atoms with van der Waals surface area (Å²) in [7, 11) is -3.11. The first kappa shape index (κ1) is 48.7. The fourth-order valence-electron chi connectivity index (χ4n) is 6.47. The smallest absolute Gasteiger partial charge is 0.459 e. The first-order valence-electron chi connectivity index (χ1n) is 20.8. The molecule has 17 heteroatoms. The van der Waals surface area contributed by atoms with Gasteiger partial charge < -0.3 is 45.0 Å². The molecule has 0 spiro atoms. The van der Waals surface area contributed by atoms with E-state index in [4.69, 9.17) is 34.7 Å². The number of ether oxygens (including phenoxy) is 3. The average Bonchev–Trinajstić information content (AvgIpc) is 3.59. The summed E-state index contributed by atoms with van der Waals surface area (Å²) in [6, 6.07) is 7.04. The number of rotatable bonds is 32. The van der Waals surface area contributed by atoms with E-state index in [1.165, 1.54) is 97.3 Å². The van der Waals surface area contributed by atoms with Crippen LogP contribution in [0.5, 0.6) is 5.75 Å². The molecule has 0 saturated heterocycles. The van der Waals surface area contributed by atoms with Crippen molar-refractivity contribution in [3.05, 3.63) is 47.9 Å². The zero-order valence-electron chi connectivity index (χ0n) is 34.8. The van der Waals surface area contributed by atoms with Crippen LogP contribution in [0.4, 0.5) is 5.82 Å². The Balaban J connectivity index is 1.43. The SMILES string of the molecule is CCCCCCCCCCCCCCCCOCCCOC(=O)[C@H](C)NP(=O)(OCC(OC)[C@@H](O)[C@@H](O)n1cc(C(N)=O)c2c(N)nc(C)nc21)Oc1ccccc1. The average molecular weight is 835 g/mol. The van der Waals surface area contributed by atoms with E-state index in [9.17, 15) is 24.4 Å². The fraction of sp³-hybridized carbons (Fsp3) is 0.659. The zero-order chi connectivity index (χ0) is 42.3. The van der Waals surface area contributed by atoms with E-state index in [0.717, 1.165) is 17.4 Å². The number of para-hydroxylation sites is 1. The molecular weight excluding hydrogens is 767 g/mol. The van der Waals surface area contributed by atoms with Gasteiger partial charge in [-0.25, -0.2) is 14.5 Å². The Hall–Kier alpha value is -3.63. The molecule has 1 aromatic carbocycles. The Bertz CT molecular complexity index is 1700. The lowest BCUT2D eigenvalue weighted by Crippen LogP contribution is -2.40. The number of amides is 1. The molecule has 0 aliphatic rings. The van der Waals surface area contributed by atoms with Crippen LogP contribution in [-0.4, -0.2) is 88.4 Å². The van der Waals surface area contributed by atoms with Gasteiger partial charge >= 0.3 is 13.7 Å². The Kier molecular flexibility index (Phi) is 22.2. The summed E-state index contributed by atoms with van der Waals surface area (Å²) in [6.45, 7) is 5.90. The normalized spacial score (nSPS) is 14.8. The van der Waals surface area contributed by atoms with Gasteiger partial charge in [0.25, 0.3) is 5.91 Å². The highest BCUT2D eigenvalue weighted by Gasteiger charge is 2.37. The molecule has 3 rings (SSSR count). The lowest BCUT2D eigenvalue weighted by atomic mass is 10.0. The molecule has 0 fully saturated rings. The van der Waals surface area contributed by atoms with Crippen LogP contribution in [-0.2, 0) is 28.1 Å². The third-order valence-corrected chi connectivity index (χ3v) is 11.4. The number of esters is 1. The number of nitrogen functional groups attached to an aromatic ring is 1. The molecule has 1 amide bonds. The van der Waals surface area contributed by atoms with Crippen molar-refractivity contribution in [2.24, 2.45) is 5.73 Å². The summed E-state index contributed by atoms with van der Waals surface area (Å²) < 4.78 is 43.1. The van der Waals surface area contributed by atoms with Crippen molar-refractivity contribution in [2.75, 3.05) is 39.3 Å². The summed E-state index contributed by atoms with van der Waals surface area (Å²) in [5, 5.41) is 25.2. The van der Waals surface area contributed by atoms with E-state index < -0.39 is 50.7 Å². The zero-order valence-corrected chi connectivity index (χ0v) is 35.7. The number of carbonyl (C=O) groups is 2. The number of aliphatic hydroxyl groups excluding tert-OH is 2. The molecule has 16 nitrogen and oxygen atoms in total. The van der Waals surface area contributed by atoms with Crippen LogP contribution < -0.4 is 21.1 Å². The van der Waals surface area contributed by atoms with Crippen LogP contribution in [0.2, 0.25) is 0 Å². The van der Waals surface area contributed by atoms with E-state index in [1.54, 1.807) is 37.3 Å². The molecule has 0 bridgehead atoms. The summed E-state index contributed by atoms with van der Waals surface area (Å²) in [4.78, 5) is 33.4. The van der Waals surface area contributed by atoms with Crippen molar-refractivity contribution in [3.8, 4) is 5.75 Å². The molecule has 0 radical (unpaired) electrons. The highest BCUT2D eigenvalue weighted by Crippen LogP contribution is 2.45. The Labute approximate surface area is 343 Å². The van der Waals surface area contributed by atoms with E-state index in [-0.39, 0.29) is 40.6 Å². The summed E-state index contributed by atoms with van der Waals surface area (Å²) in [6.07, 6.45) is 15.0. The Morgan fingerprint density at radius 1 is 0.879 bits per heavy atom. The minimum Gasteiger partial charge on any atom is -0.464 e. The van der Waals surface area contributed by atoms with Crippen LogP contribution in [0.25, 0.3) is 11.0 Å². The van der Waals surface area contributed by atoms with Crippen molar-refractivity contribution < 1.29 is 47.6 Å². The van der Waals surface area contributed by atoms with Crippen LogP contribution in [0.1, 0.15) is 133 Å². The first-order valence-corrected chi connectivity index (χ1v) is 22.3. The lowest BCUT2D eigenvalue weighted by Gasteiger charge is -2.29. The third-order valence-electron chi connectivity index (χ3n) is 9.75. The molecule has 0 saturated carbocycles. The lowest BCUT2D eigenvalue weighted by molar-refractivity contribution is -0.145. The number of nitrogens with two attached hydrogens (primary N) is 2. The number of hydrogen-bond acceptors (Lipinski definition) is 13. The van der Waals surface area contributed by atoms with Crippen molar-refractivity contribution in [2.45, 2.75) is 142 Å². The number of nitrogens with one attached hydrogen (secondary N) is 1. The number of aliphatic hydroxyl groups is 2. The van der Waals surface area contributed by atoms with E-state index in [2.05, 4.69) is 22.0 Å². The van der Waals surface area contributed by atoms with Gasteiger partial charge in [-0.15, -0.1) is 0 Å². The largest absolute Gasteiger partial charge is 0.464 e. The number of fused-ring (bicyclic) bond motifs is 1.